The second-order valence-electron chi connectivity index (χ2n) is 18.2. The largest absolute Gasteiger partial charge is 0.521 e. The number of rotatable bonds is 45. The molecule has 340 valence electrons. The van der Waals surface area contributed by atoms with E-state index in [4.69, 9.17) is 4.99 Å². The summed E-state index contributed by atoms with van der Waals surface area (Å²) in [7, 11) is 0. The summed E-state index contributed by atoms with van der Waals surface area (Å²) in [5, 5.41) is 11.5. The summed E-state index contributed by atoms with van der Waals surface area (Å²) in [4.78, 5) is 22.0. The minimum absolute atomic E-state index is 0.0662. The zero-order valence-electron chi connectivity index (χ0n) is 40.0. The molecular formula is C52H106N3O2+. The van der Waals surface area contributed by atoms with Gasteiger partial charge in [0, 0.05) is 19.6 Å². The monoisotopic (exact) mass is 805 g/mol. The highest BCUT2D eigenvalue weighted by molar-refractivity contribution is 5.83. The minimum Gasteiger partial charge on any atom is -0.435 e. The van der Waals surface area contributed by atoms with Crippen LogP contribution in [0.3, 0.4) is 0 Å². The molecule has 0 aliphatic rings. The van der Waals surface area contributed by atoms with Crippen molar-refractivity contribution in [2.45, 2.75) is 291 Å². The number of aliphatic imine (C=N–C) groups is 1. The molecule has 0 unspecified atom stereocenters. The van der Waals surface area contributed by atoms with Crippen molar-refractivity contribution >= 4 is 12.1 Å². The number of nitrogens with zero attached hydrogens (tertiary/aromatic N) is 3. The molecule has 0 aromatic carbocycles. The van der Waals surface area contributed by atoms with E-state index in [0.717, 1.165) is 70.5 Å². The zero-order chi connectivity index (χ0) is 41.8. The van der Waals surface area contributed by atoms with E-state index in [2.05, 4.69) is 39.5 Å². The lowest BCUT2D eigenvalue weighted by Crippen LogP contribution is -2.63. The number of unbranched alkanes of at least 4 members (excludes halogenated alkanes) is 35. The van der Waals surface area contributed by atoms with Gasteiger partial charge in [-0.25, -0.2) is 4.99 Å². The van der Waals surface area contributed by atoms with Crippen LogP contribution in [0.5, 0.6) is 0 Å². The molecule has 0 saturated heterocycles. The Bertz CT molecular complexity index is 805. The predicted molar refractivity (Wildman–Crippen MR) is 255 cm³/mol. The molecule has 5 nitrogen and oxygen atoms in total. The summed E-state index contributed by atoms with van der Waals surface area (Å²) in [6.07, 6.45) is 50.3. The first kappa shape index (κ1) is 55.9. The van der Waals surface area contributed by atoms with Crippen LogP contribution >= 0.6 is 0 Å². The summed E-state index contributed by atoms with van der Waals surface area (Å²) < 4.78 is 0.0662. The van der Waals surface area contributed by atoms with E-state index in [-0.39, 0.29) is 4.48 Å². The van der Waals surface area contributed by atoms with Gasteiger partial charge >= 0.3 is 12.1 Å². The molecule has 0 saturated carbocycles. The van der Waals surface area contributed by atoms with Crippen LogP contribution in [0, 0.1) is 0 Å². The molecule has 0 aliphatic carbocycles. The average molecular weight is 805 g/mol. The van der Waals surface area contributed by atoms with Crippen LogP contribution in [-0.4, -0.2) is 59.3 Å². The SMILES string of the molecule is CCCCCCCCCC/N=C(\N(CCCCCCCCCC)CCCCCCCCCC)[N+](CCCCCCCCCC)(CCCCCCCCCC)C(=O)O. The van der Waals surface area contributed by atoms with Crippen LogP contribution in [0.1, 0.15) is 291 Å². The van der Waals surface area contributed by atoms with Gasteiger partial charge in [-0.05, 0) is 44.9 Å². The van der Waals surface area contributed by atoms with Gasteiger partial charge in [-0.15, -0.1) is 0 Å². The van der Waals surface area contributed by atoms with E-state index < -0.39 is 6.09 Å². The summed E-state index contributed by atoms with van der Waals surface area (Å²) in [5.74, 6) is 0.933. The lowest BCUT2D eigenvalue weighted by Gasteiger charge is -2.38. The van der Waals surface area contributed by atoms with Crippen molar-refractivity contribution in [3.05, 3.63) is 0 Å². The maximum atomic E-state index is 14.0. The maximum absolute atomic E-state index is 14.0. The van der Waals surface area contributed by atoms with Gasteiger partial charge in [0.15, 0.2) is 0 Å². The fourth-order valence-corrected chi connectivity index (χ4v) is 8.74. The Balaban J connectivity index is 6.27. The van der Waals surface area contributed by atoms with Crippen LogP contribution < -0.4 is 0 Å². The highest BCUT2D eigenvalue weighted by Gasteiger charge is 2.45. The highest BCUT2D eigenvalue weighted by atomic mass is 16.4. The first-order chi connectivity index (χ1) is 28.0. The zero-order valence-corrected chi connectivity index (χ0v) is 40.0. The van der Waals surface area contributed by atoms with Gasteiger partial charge in [0.2, 0.25) is 0 Å². The van der Waals surface area contributed by atoms with E-state index in [0.29, 0.717) is 13.1 Å². The highest BCUT2D eigenvalue weighted by Crippen LogP contribution is 2.23. The van der Waals surface area contributed by atoms with Gasteiger partial charge in [-0.2, -0.15) is 9.28 Å². The van der Waals surface area contributed by atoms with E-state index in [9.17, 15) is 9.90 Å². The molecule has 0 aliphatic heterocycles. The number of carbonyl (C=O) groups is 1. The number of guanidine groups is 1. The Morgan fingerprint density at radius 3 is 0.895 bits per heavy atom. The van der Waals surface area contributed by atoms with Crippen LogP contribution in [0.25, 0.3) is 0 Å². The first-order valence-corrected chi connectivity index (χ1v) is 26.4. The third kappa shape index (κ3) is 33.3. The third-order valence-corrected chi connectivity index (χ3v) is 12.6. The van der Waals surface area contributed by atoms with Crippen LogP contribution in [0.4, 0.5) is 4.79 Å². The van der Waals surface area contributed by atoms with Crippen molar-refractivity contribution in [1.29, 1.82) is 0 Å². The minimum atomic E-state index is -0.646. The van der Waals surface area contributed by atoms with Gasteiger partial charge in [-0.1, -0.05) is 247 Å². The molecule has 5 heteroatoms. The van der Waals surface area contributed by atoms with Crippen molar-refractivity contribution in [3.63, 3.8) is 0 Å². The molecule has 1 amide bonds. The van der Waals surface area contributed by atoms with Gasteiger partial charge in [0.1, 0.15) is 0 Å². The Labute approximate surface area is 359 Å². The molecule has 0 fully saturated rings. The number of carboxylic acid groups (broad SMARTS) is 1. The number of hydrogen-bond donors (Lipinski definition) is 1. The van der Waals surface area contributed by atoms with E-state index in [1.54, 1.807) is 0 Å². The molecule has 57 heavy (non-hydrogen) atoms. The van der Waals surface area contributed by atoms with Crippen molar-refractivity contribution in [2.75, 3.05) is 32.7 Å². The topological polar surface area (TPSA) is 52.9 Å². The van der Waals surface area contributed by atoms with Crippen LogP contribution in [0.15, 0.2) is 4.99 Å². The van der Waals surface area contributed by atoms with Crippen molar-refractivity contribution in [3.8, 4) is 0 Å². The van der Waals surface area contributed by atoms with Gasteiger partial charge in [0.05, 0.1) is 13.1 Å². The van der Waals surface area contributed by atoms with Crippen molar-refractivity contribution in [1.82, 2.24) is 4.90 Å². The molecule has 0 radical (unpaired) electrons. The summed E-state index contributed by atoms with van der Waals surface area (Å²) in [6, 6.07) is 0. The molecular weight excluding hydrogens is 699 g/mol. The van der Waals surface area contributed by atoms with Gasteiger partial charge in [0.25, 0.3) is 0 Å². The summed E-state index contributed by atoms with van der Waals surface area (Å²) >= 11 is 0. The average Bonchev–Trinajstić information content (AvgIpc) is 3.21. The smallest absolute Gasteiger partial charge is 0.435 e. The Morgan fingerprint density at radius 1 is 0.368 bits per heavy atom. The summed E-state index contributed by atoms with van der Waals surface area (Å²) in [6.45, 7) is 15.6. The van der Waals surface area contributed by atoms with E-state index >= 15 is 0 Å². The van der Waals surface area contributed by atoms with Crippen LogP contribution in [-0.2, 0) is 0 Å². The van der Waals surface area contributed by atoms with Crippen molar-refractivity contribution < 1.29 is 14.4 Å². The molecule has 0 atom stereocenters. The molecule has 1 N–H and O–H groups in total. The quantitative estimate of drug-likeness (QED) is 0.0289. The first-order valence-electron chi connectivity index (χ1n) is 26.4. The second-order valence-corrected chi connectivity index (χ2v) is 18.2. The molecule has 0 heterocycles. The fraction of sp³-hybridized carbons (Fsp3) is 0.962. The van der Waals surface area contributed by atoms with E-state index in [1.165, 1.54) is 212 Å². The Hall–Kier alpha value is -1.10. The van der Waals surface area contributed by atoms with E-state index in [1.807, 2.05) is 0 Å². The molecule has 0 bridgehead atoms. The standard InChI is InChI=1S/C52H105N3O2/c1-6-11-16-21-26-31-36-41-46-53-51(54(47-42-37-32-27-22-17-12-7-2)48-43-38-33-28-23-18-13-8-3)55(52(56)57,49-44-39-34-29-24-19-14-9-4)50-45-40-35-30-25-20-15-10-5/h6-50H2,1-5H3/p+1/b53-51+. The predicted octanol–water partition coefficient (Wildman–Crippen LogP) is 17.8. The van der Waals surface area contributed by atoms with Gasteiger partial charge < -0.3 is 10.0 Å². The number of quaternary nitrogens is 1. The lowest BCUT2D eigenvalue weighted by molar-refractivity contribution is -0.774. The fourth-order valence-electron chi connectivity index (χ4n) is 8.74. The summed E-state index contributed by atoms with van der Waals surface area (Å²) in [5.41, 5.74) is 0. The lowest BCUT2D eigenvalue weighted by atomic mass is 10.1. The number of amides is 1. The maximum Gasteiger partial charge on any atom is 0.521 e. The van der Waals surface area contributed by atoms with Crippen LogP contribution in [0.2, 0.25) is 0 Å². The Morgan fingerprint density at radius 2 is 0.614 bits per heavy atom. The van der Waals surface area contributed by atoms with Crippen molar-refractivity contribution in [2.24, 2.45) is 4.99 Å². The molecule has 0 spiro atoms. The molecule has 0 rings (SSSR count). The molecule has 0 aromatic heterocycles. The van der Waals surface area contributed by atoms with Gasteiger partial charge in [-0.3, -0.25) is 0 Å². The Kier molecular flexibility index (Phi) is 43.6. The number of hydrogen-bond acceptors (Lipinski definition) is 2. The third-order valence-electron chi connectivity index (χ3n) is 12.6. The second kappa shape index (κ2) is 44.5. The molecule has 0 aromatic rings. The normalized spacial score (nSPS) is 12.2.